The van der Waals surface area contributed by atoms with Gasteiger partial charge in [-0.15, -0.1) is 23.7 Å². The molecule has 0 bridgehead atoms. The maximum atomic E-state index is 14.5. The fourth-order valence-corrected chi connectivity index (χ4v) is 3.57. The van der Waals surface area contributed by atoms with E-state index in [1.165, 1.54) is 11.3 Å². The first-order chi connectivity index (χ1) is 11.2. The van der Waals surface area contributed by atoms with E-state index in [0.29, 0.717) is 24.2 Å². The monoisotopic (exact) mass is 366 g/mol. The van der Waals surface area contributed by atoms with Crippen LogP contribution in [0.3, 0.4) is 0 Å². The Labute approximate surface area is 148 Å². The molecule has 0 fully saturated rings. The first-order valence-electron chi connectivity index (χ1n) is 7.42. The molecule has 24 heavy (non-hydrogen) atoms. The molecule has 1 aromatic carbocycles. The highest BCUT2D eigenvalue weighted by Crippen LogP contribution is 2.24. The maximum absolute atomic E-state index is 14.5. The van der Waals surface area contributed by atoms with Crippen LogP contribution in [0.5, 0.6) is 0 Å². The van der Waals surface area contributed by atoms with E-state index in [9.17, 15) is 9.18 Å². The van der Waals surface area contributed by atoms with Crippen molar-refractivity contribution in [2.24, 2.45) is 0 Å². The Bertz CT molecular complexity index is 863. The van der Waals surface area contributed by atoms with E-state index < -0.39 is 0 Å². The zero-order valence-corrected chi connectivity index (χ0v) is 14.3. The highest BCUT2D eigenvalue weighted by atomic mass is 35.5. The third-order valence-corrected chi connectivity index (χ3v) is 4.74. The van der Waals surface area contributed by atoms with Gasteiger partial charge in [-0.05, 0) is 30.2 Å². The van der Waals surface area contributed by atoms with Crippen LogP contribution in [0.1, 0.15) is 16.8 Å². The topological polar surface area (TPSA) is 58.4 Å². The number of thiazole rings is 1. The number of fused-ring (bicyclic) bond motifs is 2. The molecule has 0 saturated carbocycles. The second kappa shape index (κ2) is 6.88. The van der Waals surface area contributed by atoms with Gasteiger partial charge in [-0.1, -0.05) is 6.07 Å². The molecule has 5 nitrogen and oxygen atoms in total. The number of rotatable bonds is 3. The van der Waals surface area contributed by atoms with Gasteiger partial charge in [-0.3, -0.25) is 9.20 Å². The molecule has 3 heterocycles. The molecule has 1 aliphatic heterocycles. The molecule has 0 radical (unpaired) electrons. The molecule has 4 rings (SSSR count). The van der Waals surface area contributed by atoms with E-state index in [1.807, 2.05) is 28.2 Å². The quantitative estimate of drug-likeness (QED) is 0.749. The average Bonchev–Trinajstić information content (AvgIpc) is 3.11. The number of aromatic nitrogens is 2. The molecule has 2 aromatic heterocycles. The van der Waals surface area contributed by atoms with Gasteiger partial charge in [0, 0.05) is 24.3 Å². The number of nitrogens with zero attached hydrogens (tertiary/aromatic N) is 2. The molecule has 1 aliphatic rings. The van der Waals surface area contributed by atoms with Crippen molar-refractivity contribution in [3.8, 4) is 0 Å². The van der Waals surface area contributed by atoms with Crippen molar-refractivity contribution in [2.45, 2.75) is 19.4 Å². The zero-order chi connectivity index (χ0) is 15.8. The van der Waals surface area contributed by atoms with Crippen molar-refractivity contribution >= 4 is 40.3 Å². The van der Waals surface area contributed by atoms with E-state index in [1.54, 1.807) is 6.07 Å². The summed E-state index contributed by atoms with van der Waals surface area (Å²) in [6.07, 6.45) is 4.49. The molecule has 1 amide bonds. The van der Waals surface area contributed by atoms with E-state index >= 15 is 0 Å². The van der Waals surface area contributed by atoms with E-state index in [2.05, 4.69) is 15.6 Å². The highest BCUT2D eigenvalue weighted by Gasteiger charge is 2.18. The van der Waals surface area contributed by atoms with Crippen LogP contribution in [0.15, 0.2) is 29.9 Å². The van der Waals surface area contributed by atoms with Crippen molar-refractivity contribution in [3.05, 3.63) is 52.5 Å². The van der Waals surface area contributed by atoms with Gasteiger partial charge in [0.15, 0.2) is 4.96 Å². The number of imidazole rings is 1. The first kappa shape index (κ1) is 16.9. The zero-order valence-electron chi connectivity index (χ0n) is 12.7. The number of amides is 1. The summed E-state index contributed by atoms with van der Waals surface area (Å²) in [5.74, 6) is -0.577. The number of hydrogen-bond donors (Lipinski definition) is 2. The average molecular weight is 367 g/mol. The molecule has 8 heteroatoms. The number of hydrogen-bond acceptors (Lipinski definition) is 4. The van der Waals surface area contributed by atoms with Gasteiger partial charge < -0.3 is 10.6 Å². The molecule has 0 aliphatic carbocycles. The second-order valence-electron chi connectivity index (χ2n) is 5.54. The molecular weight excluding hydrogens is 351 g/mol. The fourth-order valence-electron chi connectivity index (χ4n) is 2.85. The van der Waals surface area contributed by atoms with Gasteiger partial charge in [0.2, 0.25) is 5.91 Å². The lowest BCUT2D eigenvalue weighted by Crippen LogP contribution is -2.25. The van der Waals surface area contributed by atoms with Gasteiger partial charge in [0.05, 0.1) is 17.8 Å². The van der Waals surface area contributed by atoms with E-state index in [-0.39, 0.29) is 36.2 Å². The van der Waals surface area contributed by atoms with Crippen molar-refractivity contribution in [3.63, 3.8) is 0 Å². The van der Waals surface area contributed by atoms with E-state index in [0.717, 1.165) is 17.1 Å². The standard InChI is InChI=1S/C16H15FN4OS.ClH/c17-15-12-3-4-18-8-10(12)1-2-13(15)20-14(22)7-11-9-21-5-6-23-16(21)19-11;/h1-2,5-6,9,18H,3-4,7-8H2,(H,20,22);1H. The maximum Gasteiger partial charge on any atom is 0.230 e. The van der Waals surface area contributed by atoms with Gasteiger partial charge >= 0.3 is 0 Å². The number of nitrogens with one attached hydrogen (secondary N) is 2. The molecule has 0 saturated heterocycles. The summed E-state index contributed by atoms with van der Waals surface area (Å²) in [4.78, 5) is 17.4. The highest BCUT2D eigenvalue weighted by molar-refractivity contribution is 7.15. The number of halogens is 2. The van der Waals surface area contributed by atoms with Gasteiger partial charge in [-0.25, -0.2) is 9.37 Å². The summed E-state index contributed by atoms with van der Waals surface area (Å²) in [6, 6.07) is 3.50. The Kier molecular flexibility index (Phi) is 4.84. The SMILES string of the molecule is Cl.O=C(Cc1cn2ccsc2n1)Nc1ccc2c(c1F)CCNC2. The molecule has 2 N–H and O–H groups in total. The summed E-state index contributed by atoms with van der Waals surface area (Å²) >= 11 is 1.51. The normalized spacial score (nSPS) is 13.4. The largest absolute Gasteiger partial charge is 0.323 e. The van der Waals surface area contributed by atoms with Crippen LogP contribution in [-0.2, 0) is 24.2 Å². The Morgan fingerprint density at radius 3 is 3.17 bits per heavy atom. The van der Waals surface area contributed by atoms with Crippen LogP contribution in [0, 0.1) is 5.82 Å². The minimum absolute atomic E-state index is 0. The third-order valence-electron chi connectivity index (χ3n) is 3.97. The van der Waals surface area contributed by atoms with Gasteiger partial charge in [-0.2, -0.15) is 0 Å². The molecule has 126 valence electrons. The Morgan fingerprint density at radius 2 is 2.33 bits per heavy atom. The predicted molar refractivity (Wildman–Crippen MR) is 94.5 cm³/mol. The lowest BCUT2D eigenvalue weighted by atomic mass is 9.99. The first-order valence-corrected chi connectivity index (χ1v) is 8.30. The summed E-state index contributed by atoms with van der Waals surface area (Å²) in [6.45, 7) is 1.43. The molecule has 0 spiro atoms. The molecule has 0 atom stereocenters. The third kappa shape index (κ3) is 3.15. The van der Waals surface area contributed by atoms with Crippen LogP contribution >= 0.6 is 23.7 Å². The summed E-state index contributed by atoms with van der Waals surface area (Å²) < 4.78 is 16.4. The second-order valence-corrected chi connectivity index (χ2v) is 6.41. The summed E-state index contributed by atoms with van der Waals surface area (Å²) in [7, 11) is 0. The van der Waals surface area contributed by atoms with Crippen LogP contribution in [0.25, 0.3) is 4.96 Å². The van der Waals surface area contributed by atoms with E-state index in [4.69, 9.17) is 0 Å². The molecular formula is C16H16ClFN4OS. The Hall–Kier alpha value is -1.96. The molecule has 0 unspecified atom stereocenters. The fraction of sp³-hybridized carbons (Fsp3) is 0.250. The number of anilines is 1. The minimum atomic E-state index is -0.317. The predicted octanol–water partition coefficient (Wildman–Crippen LogP) is 2.78. The Balaban J connectivity index is 0.00000169. The van der Waals surface area contributed by atoms with Crippen molar-refractivity contribution in [2.75, 3.05) is 11.9 Å². The van der Waals surface area contributed by atoms with Crippen LogP contribution in [0.4, 0.5) is 10.1 Å². The lowest BCUT2D eigenvalue weighted by molar-refractivity contribution is -0.115. The van der Waals surface area contributed by atoms with Crippen LogP contribution in [-0.4, -0.2) is 21.8 Å². The summed E-state index contributed by atoms with van der Waals surface area (Å²) in [5.41, 5.74) is 2.58. The smallest absolute Gasteiger partial charge is 0.230 e. The number of benzene rings is 1. The Morgan fingerprint density at radius 1 is 1.46 bits per heavy atom. The summed E-state index contributed by atoms with van der Waals surface area (Å²) in [5, 5.41) is 7.81. The van der Waals surface area contributed by atoms with Gasteiger partial charge in [0.1, 0.15) is 5.82 Å². The van der Waals surface area contributed by atoms with Crippen molar-refractivity contribution in [1.82, 2.24) is 14.7 Å². The van der Waals surface area contributed by atoms with Crippen LogP contribution in [0.2, 0.25) is 0 Å². The number of carbonyl (C=O) groups excluding carboxylic acids is 1. The van der Waals surface area contributed by atoms with Crippen LogP contribution < -0.4 is 10.6 Å². The number of carbonyl (C=O) groups is 1. The minimum Gasteiger partial charge on any atom is -0.323 e. The van der Waals surface area contributed by atoms with Gasteiger partial charge in [0.25, 0.3) is 0 Å². The van der Waals surface area contributed by atoms with Crippen molar-refractivity contribution in [1.29, 1.82) is 0 Å². The molecule has 3 aromatic rings. The van der Waals surface area contributed by atoms with Crippen molar-refractivity contribution < 1.29 is 9.18 Å². The lowest BCUT2D eigenvalue weighted by Gasteiger charge is -2.19.